The fraction of sp³-hybridized carbons (Fsp3) is 0.600. The lowest BCUT2D eigenvalue weighted by molar-refractivity contribution is -0.154. The molecule has 1 aliphatic heterocycles. The molecule has 2 nitrogen and oxygen atoms in total. The van der Waals surface area contributed by atoms with Gasteiger partial charge in [-0.05, 0) is 31.4 Å². The number of hydrogen-bond acceptors (Lipinski definition) is 2. The van der Waals surface area contributed by atoms with Crippen LogP contribution in [-0.4, -0.2) is 6.61 Å². The Labute approximate surface area is 85.0 Å². The van der Waals surface area contributed by atoms with Crippen LogP contribution in [0.25, 0.3) is 0 Å². The molecular formula is C10H11F3O2. The van der Waals surface area contributed by atoms with Crippen molar-refractivity contribution in [2.75, 3.05) is 6.61 Å². The standard InChI is InChI=1S/C10H11F3O2/c11-10(12,13)9-5-4-8(15-9)7-3-1-2-6-14-7/h4-5,7H,1-3,6H2. The van der Waals surface area contributed by atoms with Gasteiger partial charge in [0.15, 0.2) is 0 Å². The lowest BCUT2D eigenvalue weighted by Crippen LogP contribution is -2.10. The Hall–Kier alpha value is -0.970. The van der Waals surface area contributed by atoms with Gasteiger partial charge in [-0.25, -0.2) is 0 Å². The van der Waals surface area contributed by atoms with Crippen LogP contribution in [0.15, 0.2) is 16.5 Å². The van der Waals surface area contributed by atoms with Crippen molar-refractivity contribution in [2.24, 2.45) is 0 Å². The van der Waals surface area contributed by atoms with Crippen LogP contribution in [0.3, 0.4) is 0 Å². The summed E-state index contributed by atoms with van der Waals surface area (Å²) in [5.74, 6) is -0.673. The van der Waals surface area contributed by atoms with Gasteiger partial charge < -0.3 is 9.15 Å². The zero-order chi connectivity index (χ0) is 10.9. The van der Waals surface area contributed by atoms with E-state index in [0.717, 1.165) is 25.3 Å². The summed E-state index contributed by atoms with van der Waals surface area (Å²) < 4.78 is 46.8. The zero-order valence-electron chi connectivity index (χ0n) is 8.01. The van der Waals surface area contributed by atoms with Gasteiger partial charge in [0.05, 0.1) is 0 Å². The molecule has 1 fully saturated rings. The molecule has 1 aromatic rings. The van der Waals surface area contributed by atoms with Crippen molar-refractivity contribution in [3.63, 3.8) is 0 Å². The lowest BCUT2D eigenvalue weighted by atomic mass is 10.1. The van der Waals surface area contributed by atoms with Crippen LogP contribution in [0, 0.1) is 0 Å². The first kappa shape index (κ1) is 10.5. The first-order chi connectivity index (χ1) is 7.07. The quantitative estimate of drug-likeness (QED) is 0.722. The predicted octanol–water partition coefficient (Wildman–Crippen LogP) is 3.54. The minimum Gasteiger partial charge on any atom is -0.454 e. The highest BCUT2D eigenvalue weighted by molar-refractivity contribution is 5.12. The molecular weight excluding hydrogens is 209 g/mol. The molecule has 1 saturated heterocycles. The molecule has 15 heavy (non-hydrogen) atoms. The van der Waals surface area contributed by atoms with E-state index < -0.39 is 11.9 Å². The fourth-order valence-electron chi connectivity index (χ4n) is 1.64. The molecule has 0 saturated carbocycles. The van der Waals surface area contributed by atoms with Crippen LogP contribution in [0.4, 0.5) is 13.2 Å². The molecule has 0 aromatic carbocycles. The highest BCUT2D eigenvalue weighted by Gasteiger charge is 2.35. The normalized spacial score (nSPS) is 23.0. The first-order valence-electron chi connectivity index (χ1n) is 4.86. The van der Waals surface area contributed by atoms with Gasteiger partial charge in [0.25, 0.3) is 0 Å². The number of rotatable bonds is 1. The van der Waals surface area contributed by atoms with E-state index in [1.165, 1.54) is 6.07 Å². The molecule has 0 spiro atoms. The molecule has 5 heteroatoms. The largest absolute Gasteiger partial charge is 0.454 e. The van der Waals surface area contributed by atoms with Crippen molar-refractivity contribution in [3.05, 3.63) is 23.7 Å². The Kier molecular flexibility index (Phi) is 2.73. The maximum absolute atomic E-state index is 12.2. The van der Waals surface area contributed by atoms with E-state index in [1.54, 1.807) is 0 Å². The Morgan fingerprint density at radius 2 is 2.00 bits per heavy atom. The van der Waals surface area contributed by atoms with Crippen molar-refractivity contribution in [1.29, 1.82) is 0 Å². The second-order valence-corrected chi connectivity index (χ2v) is 3.55. The van der Waals surface area contributed by atoms with Crippen molar-refractivity contribution < 1.29 is 22.3 Å². The molecule has 1 aliphatic rings. The average molecular weight is 220 g/mol. The first-order valence-corrected chi connectivity index (χ1v) is 4.86. The molecule has 1 aromatic heterocycles. The second-order valence-electron chi connectivity index (χ2n) is 3.55. The monoisotopic (exact) mass is 220 g/mol. The van der Waals surface area contributed by atoms with Gasteiger partial charge in [-0.3, -0.25) is 0 Å². The van der Waals surface area contributed by atoms with Crippen LogP contribution >= 0.6 is 0 Å². The van der Waals surface area contributed by atoms with E-state index in [-0.39, 0.29) is 11.9 Å². The predicted molar refractivity (Wildman–Crippen MR) is 46.3 cm³/mol. The maximum atomic E-state index is 12.2. The van der Waals surface area contributed by atoms with Crippen LogP contribution < -0.4 is 0 Å². The third-order valence-corrected chi connectivity index (χ3v) is 2.40. The van der Waals surface area contributed by atoms with E-state index in [1.807, 2.05) is 0 Å². The van der Waals surface area contributed by atoms with Crippen LogP contribution in [-0.2, 0) is 10.9 Å². The maximum Gasteiger partial charge on any atom is 0.449 e. The molecule has 0 amide bonds. The number of furan rings is 1. The summed E-state index contributed by atoms with van der Waals surface area (Å²) >= 11 is 0. The average Bonchev–Trinajstić information content (AvgIpc) is 2.67. The van der Waals surface area contributed by atoms with Crippen LogP contribution in [0.1, 0.15) is 36.9 Å². The molecule has 0 bridgehead atoms. The topological polar surface area (TPSA) is 22.4 Å². The minimum absolute atomic E-state index is 0.280. The number of alkyl halides is 3. The fourth-order valence-corrected chi connectivity index (χ4v) is 1.64. The molecule has 2 heterocycles. The van der Waals surface area contributed by atoms with Crippen molar-refractivity contribution >= 4 is 0 Å². The van der Waals surface area contributed by atoms with E-state index in [2.05, 4.69) is 0 Å². The number of ether oxygens (including phenoxy) is 1. The minimum atomic E-state index is -4.41. The molecule has 1 atom stereocenters. The van der Waals surface area contributed by atoms with E-state index in [0.29, 0.717) is 6.61 Å². The SMILES string of the molecule is FC(F)(F)c1ccc(C2CCCCO2)o1. The van der Waals surface area contributed by atoms with Gasteiger partial charge in [-0.1, -0.05) is 0 Å². The van der Waals surface area contributed by atoms with Gasteiger partial charge in [0.1, 0.15) is 11.9 Å². The summed E-state index contributed by atoms with van der Waals surface area (Å²) in [6, 6.07) is 2.30. The Morgan fingerprint density at radius 3 is 2.53 bits per heavy atom. The van der Waals surface area contributed by atoms with Crippen LogP contribution in [0.5, 0.6) is 0 Å². The van der Waals surface area contributed by atoms with Gasteiger partial charge in [0, 0.05) is 6.61 Å². The Bertz CT molecular complexity index is 324. The summed E-state index contributed by atoms with van der Waals surface area (Å²) in [6.07, 6.45) is -2.07. The second kappa shape index (κ2) is 3.89. The Morgan fingerprint density at radius 1 is 1.20 bits per heavy atom. The van der Waals surface area contributed by atoms with Crippen LogP contribution in [0.2, 0.25) is 0 Å². The molecule has 2 rings (SSSR count). The zero-order valence-corrected chi connectivity index (χ0v) is 8.01. The van der Waals surface area contributed by atoms with E-state index in [4.69, 9.17) is 9.15 Å². The van der Waals surface area contributed by atoms with Gasteiger partial charge in [0.2, 0.25) is 5.76 Å². The highest BCUT2D eigenvalue weighted by Crippen LogP contribution is 2.35. The molecule has 84 valence electrons. The third-order valence-electron chi connectivity index (χ3n) is 2.40. The van der Waals surface area contributed by atoms with Crippen molar-refractivity contribution in [3.8, 4) is 0 Å². The van der Waals surface area contributed by atoms with E-state index in [9.17, 15) is 13.2 Å². The Balaban J connectivity index is 2.12. The molecule has 0 N–H and O–H groups in total. The number of halogens is 3. The molecule has 1 unspecified atom stereocenters. The van der Waals surface area contributed by atoms with Gasteiger partial charge >= 0.3 is 6.18 Å². The molecule has 0 radical (unpaired) electrons. The smallest absolute Gasteiger partial charge is 0.449 e. The van der Waals surface area contributed by atoms with Crippen molar-refractivity contribution in [2.45, 2.75) is 31.5 Å². The van der Waals surface area contributed by atoms with Gasteiger partial charge in [-0.15, -0.1) is 0 Å². The summed E-state index contributed by atoms with van der Waals surface area (Å²) in [7, 11) is 0. The number of hydrogen-bond donors (Lipinski definition) is 0. The summed E-state index contributed by atoms with van der Waals surface area (Å²) in [4.78, 5) is 0. The third kappa shape index (κ3) is 2.34. The highest BCUT2D eigenvalue weighted by atomic mass is 19.4. The van der Waals surface area contributed by atoms with Gasteiger partial charge in [-0.2, -0.15) is 13.2 Å². The summed E-state index contributed by atoms with van der Waals surface area (Å²) in [5.41, 5.74) is 0. The summed E-state index contributed by atoms with van der Waals surface area (Å²) in [5, 5.41) is 0. The summed E-state index contributed by atoms with van der Waals surface area (Å²) in [6.45, 7) is 0.590. The van der Waals surface area contributed by atoms with Crippen molar-refractivity contribution in [1.82, 2.24) is 0 Å². The van der Waals surface area contributed by atoms with E-state index >= 15 is 0 Å². The lowest BCUT2D eigenvalue weighted by Gasteiger charge is -2.20. The molecule has 0 aliphatic carbocycles.